The highest BCUT2D eigenvalue weighted by molar-refractivity contribution is 7.13. The lowest BCUT2D eigenvalue weighted by Crippen LogP contribution is -2.10. The lowest BCUT2D eigenvalue weighted by Gasteiger charge is -2.08. The summed E-state index contributed by atoms with van der Waals surface area (Å²) in [6.07, 6.45) is 2.95. The molecule has 3 aromatic rings. The number of anilines is 1. The first-order valence-corrected chi connectivity index (χ1v) is 8.57. The van der Waals surface area contributed by atoms with Crippen molar-refractivity contribution in [2.24, 2.45) is 7.05 Å². The SMILES string of the molecule is CCc1nn(C)cc1CNc1cc(-c2cccs2)nn1CCO. The van der Waals surface area contributed by atoms with Gasteiger partial charge in [-0.2, -0.15) is 10.2 Å². The van der Waals surface area contributed by atoms with Crippen LogP contribution < -0.4 is 5.32 Å². The number of hydrogen-bond donors (Lipinski definition) is 2. The predicted molar refractivity (Wildman–Crippen MR) is 92.5 cm³/mol. The number of hydrogen-bond acceptors (Lipinski definition) is 5. The highest BCUT2D eigenvalue weighted by Gasteiger charge is 2.11. The smallest absolute Gasteiger partial charge is 0.125 e. The van der Waals surface area contributed by atoms with Gasteiger partial charge in [-0.1, -0.05) is 13.0 Å². The molecule has 3 aromatic heterocycles. The maximum atomic E-state index is 9.26. The Bertz CT molecular complexity index is 760. The van der Waals surface area contributed by atoms with E-state index in [1.54, 1.807) is 11.3 Å². The van der Waals surface area contributed by atoms with Gasteiger partial charge in [-0.25, -0.2) is 4.68 Å². The van der Waals surface area contributed by atoms with Crippen LogP contribution in [0.2, 0.25) is 0 Å². The van der Waals surface area contributed by atoms with E-state index in [2.05, 4.69) is 28.5 Å². The highest BCUT2D eigenvalue weighted by atomic mass is 32.1. The molecule has 0 spiro atoms. The van der Waals surface area contributed by atoms with Crippen LogP contribution in [0.1, 0.15) is 18.2 Å². The van der Waals surface area contributed by atoms with E-state index in [0.717, 1.165) is 28.5 Å². The van der Waals surface area contributed by atoms with Crippen LogP contribution in [0.4, 0.5) is 5.82 Å². The van der Waals surface area contributed by atoms with Gasteiger partial charge in [0.1, 0.15) is 11.5 Å². The molecule has 3 heterocycles. The molecule has 0 radical (unpaired) electrons. The molecule has 23 heavy (non-hydrogen) atoms. The first-order valence-electron chi connectivity index (χ1n) is 7.69. The highest BCUT2D eigenvalue weighted by Crippen LogP contribution is 2.26. The molecular formula is C16H21N5OS. The zero-order valence-corrected chi connectivity index (χ0v) is 14.2. The summed E-state index contributed by atoms with van der Waals surface area (Å²) in [4.78, 5) is 1.13. The maximum absolute atomic E-state index is 9.26. The van der Waals surface area contributed by atoms with E-state index in [4.69, 9.17) is 0 Å². The predicted octanol–water partition coefficient (Wildman–Crippen LogP) is 2.51. The van der Waals surface area contributed by atoms with Crippen molar-refractivity contribution in [3.05, 3.63) is 41.0 Å². The van der Waals surface area contributed by atoms with E-state index < -0.39 is 0 Å². The summed E-state index contributed by atoms with van der Waals surface area (Å²) in [7, 11) is 1.94. The van der Waals surface area contributed by atoms with E-state index >= 15 is 0 Å². The zero-order valence-electron chi connectivity index (χ0n) is 13.4. The third kappa shape index (κ3) is 3.46. The molecular weight excluding hydrogens is 310 g/mol. The van der Waals surface area contributed by atoms with Gasteiger partial charge in [0, 0.05) is 31.4 Å². The van der Waals surface area contributed by atoms with Crippen molar-refractivity contribution in [3.8, 4) is 10.6 Å². The number of rotatable bonds is 7. The van der Waals surface area contributed by atoms with Gasteiger partial charge in [0.25, 0.3) is 0 Å². The van der Waals surface area contributed by atoms with Gasteiger partial charge in [-0.05, 0) is 17.9 Å². The molecule has 0 fully saturated rings. The van der Waals surface area contributed by atoms with Crippen LogP contribution in [-0.2, 0) is 26.6 Å². The van der Waals surface area contributed by atoms with Crippen LogP contribution in [0.15, 0.2) is 29.8 Å². The minimum atomic E-state index is 0.0628. The Morgan fingerprint density at radius 2 is 2.22 bits per heavy atom. The van der Waals surface area contributed by atoms with Crippen molar-refractivity contribution in [3.63, 3.8) is 0 Å². The minimum absolute atomic E-state index is 0.0628. The number of aliphatic hydroxyl groups excluding tert-OH is 1. The summed E-state index contributed by atoms with van der Waals surface area (Å²) in [5.74, 6) is 0.911. The average Bonchev–Trinajstić information content (AvgIpc) is 3.24. The summed E-state index contributed by atoms with van der Waals surface area (Å²) in [6.45, 7) is 3.34. The summed E-state index contributed by atoms with van der Waals surface area (Å²) in [6, 6.07) is 6.10. The van der Waals surface area contributed by atoms with E-state index in [1.165, 1.54) is 5.56 Å². The second kappa shape index (κ2) is 6.97. The van der Waals surface area contributed by atoms with Crippen LogP contribution in [0.5, 0.6) is 0 Å². The third-order valence-electron chi connectivity index (χ3n) is 3.65. The van der Waals surface area contributed by atoms with Crippen LogP contribution in [-0.4, -0.2) is 31.3 Å². The molecule has 0 aromatic carbocycles. The fraction of sp³-hybridized carbons (Fsp3) is 0.375. The second-order valence-corrected chi connectivity index (χ2v) is 6.27. The van der Waals surface area contributed by atoms with Crippen molar-refractivity contribution in [1.82, 2.24) is 19.6 Å². The number of aromatic nitrogens is 4. The Hall–Kier alpha value is -2.12. The molecule has 0 saturated carbocycles. The maximum Gasteiger partial charge on any atom is 0.125 e. The number of thiophene rings is 1. The largest absolute Gasteiger partial charge is 0.394 e. The molecule has 2 N–H and O–H groups in total. The van der Waals surface area contributed by atoms with Crippen molar-refractivity contribution in [2.45, 2.75) is 26.4 Å². The Balaban J connectivity index is 1.81. The Labute approximate surface area is 139 Å². The summed E-state index contributed by atoms with van der Waals surface area (Å²) >= 11 is 1.66. The molecule has 0 saturated heterocycles. The van der Waals surface area contributed by atoms with Crippen LogP contribution in [0, 0.1) is 0 Å². The first kappa shape index (κ1) is 15.8. The number of nitrogens with zero attached hydrogens (tertiary/aromatic N) is 4. The number of nitrogens with one attached hydrogen (secondary N) is 1. The topological polar surface area (TPSA) is 67.9 Å². The molecule has 0 aliphatic rings. The minimum Gasteiger partial charge on any atom is -0.394 e. The summed E-state index contributed by atoms with van der Waals surface area (Å²) < 4.78 is 3.66. The molecule has 0 aliphatic heterocycles. The lowest BCUT2D eigenvalue weighted by molar-refractivity contribution is 0.270. The Kier molecular flexibility index (Phi) is 4.78. The lowest BCUT2D eigenvalue weighted by atomic mass is 10.2. The van der Waals surface area contributed by atoms with Crippen molar-refractivity contribution in [2.75, 3.05) is 11.9 Å². The van der Waals surface area contributed by atoms with E-state index in [0.29, 0.717) is 13.1 Å². The Morgan fingerprint density at radius 1 is 1.35 bits per heavy atom. The molecule has 6 nitrogen and oxygen atoms in total. The van der Waals surface area contributed by atoms with E-state index in [1.807, 2.05) is 40.1 Å². The van der Waals surface area contributed by atoms with Crippen LogP contribution in [0.25, 0.3) is 10.6 Å². The van der Waals surface area contributed by atoms with Gasteiger partial charge in [-0.3, -0.25) is 4.68 Å². The van der Waals surface area contributed by atoms with Crippen LogP contribution >= 0.6 is 11.3 Å². The molecule has 0 unspecified atom stereocenters. The summed E-state index contributed by atoms with van der Waals surface area (Å²) in [5, 5.41) is 23.8. The third-order valence-corrected chi connectivity index (χ3v) is 4.54. The summed E-state index contributed by atoms with van der Waals surface area (Å²) in [5.41, 5.74) is 3.22. The van der Waals surface area contributed by atoms with Crippen LogP contribution in [0.3, 0.4) is 0 Å². The van der Waals surface area contributed by atoms with Gasteiger partial charge >= 0.3 is 0 Å². The first-order chi connectivity index (χ1) is 11.2. The molecule has 0 amide bonds. The molecule has 3 rings (SSSR count). The molecule has 0 aliphatic carbocycles. The number of aliphatic hydroxyl groups is 1. The number of aryl methyl sites for hydroxylation is 2. The second-order valence-electron chi connectivity index (χ2n) is 5.32. The normalized spacial score (nSPS) is 11.1. The molecule has 122 valence electrons. The monoisotopic (exact) mass is 331 g/mol. The van der Waals surface area contributed by atoms with E-state index in [9.17, 15) is 5.11 Å². The van der Waals surface area contributed by atoms with E-state index in [-0.39, 0.29) is 6.61 Å². The van der Waals surface area contributed by atoms with Crippen molar-refractivity contribution < 1.29 is 5.11 Å². The van der Waals surface area contributed by atoms with Gasteiger partial charge in [0.05, 0.1) is 23.7 Å². The fourth-order valence-electron chi connectivity index (χ4n) is 2.58. The van der Waals surface area contributed by atoms with Crippen molar-refractivity contribution >= 4 is 17.2 Å². The van der Waals surface area contributed by atoms with Gasteiger partial charge in [0.15, 0.2) is 0 Å². The fourth-order valence-corrected chi connectivity index (χ4v) is 3.27. The van der Waals surface area contributed by atoms with Gasteiger partial charge in [-0.15, -0.1) is 11.3 Å². The molecule has 0 bridgehead atoms. The van der Waals surface area contributed by atoms with Gasteiger partial charge in [0.2, 0.25) is 0 Å². The molecule has 0 atom stereocenters. The Morgan fingerprint density at radius 3 is 2.91 bits per heavy atom. The average molecular weight is 331 g/mol. The standard InChI is InChI=1S/C16H21N5OS/c1-3-13-12(11-20(2)18-13)10-17-16-9-14(15-5-4-8-23-15)19-21(16)6-7-22/h4-5,8-9,11,17,22H,3,6-7,10H2,1-2H3. The van der Waals surface area contributed by atoms with Gasteiger partial charge < -0.3 is 10.4 Å². The molecule has 7 heteroatoms. The quantitative estimate of drug-likeness (QED) is 0.698. The zero-order chi connectivity index (χ0) is 16.2. The van der Waals surface area contributed by atoms with Crippen molar-refractivity contribution in [1.29, 1.82) is 0 Å².